The zero-order valence-corrected chi connectivity index (χ0v) is 13.5. The van der Waals surface area contributed by atoms with E-state index in [0.29, 0.717) is 5.75 Å². The molecule has 1 atom stereocenters. The first-order chi connectivity index (χ1) is 8.48. The summed E-state index contributed by atoms with van der Waals surface area (Å²) in [6, 6.07) is 4.09. The van der Waals surface area contributed by atoms with Crippen LogP contribution >= 0.6 is 0 Å². The van der Waals surface area contributed by atoms with Gasteiger partial charge in [-0.3, -0.25) is 0 Å². The number of phenolic OH excluding ortho intramolecular Hbond substituents is 1. The maximum atomic E-state index is 10.5. The van der Waals surface area contributed by atoms with Crippen molar-refractivity contribution in [3.8, 4) is 5.75 Å². The first-order valence-corrected chi connectivity index (χ1v) is 7.12. The summed E-state index contributed by atoms with van der Waals surface area (Å²) < 4.78 is 0. The molecular weight excluding hydrogens is 234 g/mol. The van der Waals surface area contributed by atoms with E-state index in [2.05, 4.69) is 53.7 Å². The topological polar surface area (TPSA) is 46.2 Å². The normalized spacial score (nSPS) is 14.5. The van der Waals surface area contributed by atoms with Crippen LogP contribution in [0.5, 0.6) is 5.75 Å². The SMILES string of the molecule is CCC(N)c1cc(C(C)(C)C)cc(C(C)(C)C)c1O. The number of hydrogen-bond donors (Lipinski definition) is 2. The van der Waals surface area contributed by atoms with Gasteiger partial charge in [-0.15, -0.1) is 0 Å². The third kappa shape index (κ3) is 3.50. The van der Waals surface area contributed by atoms with Gasteiger partial charge in [0.05, 0.1) is 0 Å². The molecule has 2 heteroatoms. The van der Waals surface area contributed by atoms with Crippen LogP contribution in [0, 0.1) is 0 Å². The maximum absolute atomic E-state index is 10.5. The number of benzene rings is 1. The van der Waals surface area contributed by atoms with Crippen molar-refractivity contribution in [2.75, 3.05) is 0 Å². The Morgan fingerprint density at radius 3 is 1.95 bits per heavy atom. The molecule has 0 saturated heterocycles. The second-order valence-electron chi connectivity index (χ2n) is 7.48. The predicted molar refractivity (Wildman–Crippen MR) is 82.7 cm³/mol. The second-order valence-corrected chi connectivity index (χ2v) is 7.48. The highest BCUT2D eigenvalue weighted by Gasteiger charge is 2.26. The maximum Gasteiger partial charge on any atom is 0.124 e. The van der Waals surface area contributed by atoms with Gasteiger partial charge in [0.2, 0.25) is 0 Å². The van der Waals surface area contributed by atoms with E-state index >= 15 is 0 Å². The monoisotopic (exact) mass is 263 g/mol. The number of phenols is 1. The van der Waals surface area contributed by atoms with E-state index in [1.54, 1.807) is 0 Å². The molecule has 1 rings (SSSR count). The summed E-state index contributed by atoms with van der Waals surface area (Å²) in [5.74, 6) is 0.370. The van der Waals surface area contributed by atoms with Gasteiger partial charge in [-0.1, -0.05) is 54.5 Å². The first-order valence-electron chi connectivity index (χ1n) is 7.12. The van der Waals surface area contributed by atoms with Crippen LogP contribution in [0.3, 0.4) is 0 Å². The van der Waals surface area contributed by atoms with Gasteiger partial charge in [0.1, 0.15) is 5.75 Å². The standard InChI is InChI=1S/C17H29NO/c1-8-14(18)12-9-11(16(2,3)4)10-13(15(12)19)17(5,6)7/h9-10,14,19H,8,18H2,1-7H3. The van der Waals surface area contributed by atoms with E-state index in [-0.39, 0.29) is 16.9 Å². The van der Waals surface area contributed by atoms with Crippen LogP contribution in [0.1, 0.15) is 77.6 Å². The van der Waals surface area contributed by atoms with Crippen molar-refractivity contribution in [1.82, 2.24) is 0 Å². The number of rotatable bonds is 2. The van der Waals surface area contributed by atoms with Crippen LogP contribution < -0.4 is 5.73 Å². The molecule has 19 heavy (non-hydrogen) atoms. The van der Waals surface area contributed by atoms with Crippen molar-refractivity contribution in [3.05, 3.63) is 28.8 Å². The van der Waals surface area contributed by atoms with Crippen molar-refractivity contribution in [3.63, 3.8) is 0 Å². The molecule has 0 radical (unpaired) electrons. The summed E-state index contributed by atoms with van der Waals surface area (Å²) in [5, 5.41) is 10.5. The van der Waals surface area contributed by atoms with Crippen molar-refractivity contribution in [2.45, 2.75) is 71.8 Å². The lowest BCUT2D eigenvalue weighted by atomic mass is 9.78. The quantitative estimate of drug-likeness (QED) is 0.831. The third-order valence-electron chi connectivity index (χ3n) is 3.65. The minimum absolute atomic E-state index is 0.0515. The Kier molecular flexibility index (Phi) is 4.36. The Morgan fingerprint density at radius 2 is 1.58 bits per heavy atom. The molecule has 0 aliphatic heterocycles. The highest BCUT2D eigenvalue weighted by Crippen LogP contribution is 2.39. The molecule has 0 fully saturated rings. The minimum atomic E-state index is -0.108. The molecule has 0 aliphatic carbocycles. The summed E-state index contributed by atoms with van der Waals surface area (Å²) in [6.45, 7) is 15.0. The lowest BCUT2D eigenvalue weighted by molar-refractivity contribution is 0.431. The fourth-order valence-corrected chi connectivity index (χ4v) is 2.16. The molecule has 0 spiro atoms. The van der Waals surface area contributed by atoms with Gasteiger partial charge < -0.3 is 10.8 Å². The molecule has 0 heterocycles. The third-order valence-corrected chi connectivity index (χ3v) is 3.65. The Balaban J connectivity index is 3.57. The molecule has 0 bridgehead atoms. The van der Waals surface area contributed by atoms with Gasteiger partial charge in [0.25, 0.3) is 0 Å². The highest BCUT2D eigenvalue weighted by atomic mass is 16.3. The van der Waals surface area contributed by atoms with Gasteiger partial charge >= 0.3 is 0 Å². The highest BCUT2D eigenvalue weighted by molar-refractivity contribution is 5.49. The minimum Gasteiger partial charge on any atom is -0.507 e. The van der Waals surface area contributed by atoms with E-state index in [1.807, 2.05) is 6.92 Å². The smallest absolute Gasteiger partial charge is 0.124 e. The number of hydrogen-bond acceptors (Lipinski definition) is 2. The number of aromatic hydroxyl groups is 1. The Labute approximate surface area is 118 Å². The van der Waals surface area contributed by atoms with Gasteiger partial charge in [0, 0.05) is 11.6 Å². The van der Waals surface area contributed by atoms with E-state index in [9.17, 15) is 5.11 Å². The average Bonchev–Trinajstić information content (AvgIpc) is 2.25. The zero-order chi connectivity index (χ0) is 15.0. The van der Waals surface area contributed by atoms with Crippen LogP contribution in [0.4, 0.5) is 0 Å². The average molecular weight is 263 g/mol. The van der Waals surface area contributed by atoms with E-state index in [4.69, 9.17) is 5.73 Å². The van der Waals surface area contributed by atoms with Gasteiger partial charge in [-0.05, 0) is 34.4 Å². The Morgan fingerprint density at radius 1 is 1.05 bits per heavy atom. The van der Waals surface area contributed by atoms with Gasteiger partial charge in [-0.25, -0.2) is 0 Å². The van der Waals surface area contributed by atoms with Crippen LogP contribution in [-0.4, -0.2) is 5.11 Å². The molecule has 3 N–H and O–H groups in total. The fourth-order valence-electron chi connectivity index (χ4n) is 2.16. The van der Waals surface area contributed by atoms with E-state index in [0.717, 1.165) is 17.5 Å². The second kappa shape index (κ2) is 5.16. The Bertz CT molecular complexity index is 450. The molecule has 1 unspecified atom stereocenters. The fraction of sp³-hybridized carbons (Fsp3) is 0.647. The largest absolute Gasteiger partial charge is 0.507 e. The van der Waals surface area contributed by atoms with Crippen molar-refractivity contribution in [2.24, 2.45) is 5.73 Å². The van der Waals surface area contributed by atoms with Crippen molar-refractivity contribution >= 4 is 0 Å². The molecule has 1 aromatic rings. The van der Waals surface area contributed by atoms with E-state index in [1.165, 1.54) is 5.56 Å². The van der Waals surface area contributed by atoms with E-state index < -0.39 is 0 Å². The molecule has 0 aliphatic rings. The molecule has 0 saturated carbocycles. The number of nitrogens with two attached hydrogens (primary N) is 1. The molecule has 0 amide bonds. The molecule has 0 aromatic heterocycles. The summed E-state index contributed by atoms with van der Waals surface area (Å²) in [7, 11) is 0. The van der Waals surface area contributed by atoms with Crippen LogP contribution in [-0.2, 0) is 10.8 Å². The lowest BCUT2D eigenvalue weighted by Crippen LogP contribution is -2.19. The van der Waals surface area contributed by atoms with Gasteiger partial charge in [0.15, 0.2) is 0 Å². The molecular formula is C17H29NO. The Hall–Kier alpha value is -1.02. The van der Waals surface area contributed by atoms with Crippen LogP contribution in [0.25, 0.3) is 0 Å². The molecule has 2 nitrogen and oxygen atoms in total. The van der Waals surface area contributed by atoms with Crippen molar-refractivity contribution in [1.29, 1.82) is 0 Å². The summed E-state index contributed by atoms with van der Waals surface area (Å²) in [6.07, 6.45) is 0.824. The molecule has 1 aromatic carbocycles. The summed E-state index contributed by atoms with van der Waals surface area (Å²) in [4.78, 5) is 0. The summed E-state index contributed by atoms with van der Waals surface area (Å²) in [5.41, 5.74) is 9.21. The summed E-state index contributed by atoms with van der Waals surface area (Å²) >= 11 is 0. The lowest BCUT2D eigenvalue weighted by Gasteiger charge is -2.28. The van der Waals surface area contributed by atoms with Crippen molar-refractivity contribution < 1.29 is 5.11 Å². The first kappa shape index (κ1) is 16.0. The zero-order valence-electron chi connectivity index (χ0n) is 13.5. The van der Waals surface area contributed by atoms with Crippen LogP contribution in [0.2, 0.25) is 0 Å². The van der Waals surface area contributed by atoms with Gasteiger partial charge in [-0.2, -0.15) is 0 Å². The predicted octanol–water partition coefficient (Wildman–Crippen LogP) is 4.40. The molecule has 108 valence electrons. The van der Waals surface area contributed by atoms with Crippen LogP contribution in [0.15, 0.2) is 12.1 Å².